The summed E-state index contributed by atoms with van der Waals surface area (Å²) in [6, 6.07) is 62.8. The lowest BCUT2D eigenvalue weighted by molar-refractivity contribution is 0.669. The van der Waals surface area contributed by atoms with Crippen LogP contribution < -0.4 is 4.90 Å². The zero-order valence-electron chi connectivity index (χ0n) is 25.1. The molecule has 0 spiro atoms. The minimum Gasteiger partial charge on any atom is -0.456 e. The standard InChI is InChI=1S/C44H29NO/c1-3-9-30(10-4-1)34-17-15-32-21-25-39(28-36(32)27-34)45(37-11-5-2-6-12-37)38-23-19-31(20-24-38)35-18-16-33-22-26-43-44(41(33)29-35)40-13-7-8-14-42(40)46-43/h1-29H. The molecular weight excluding hydrogens is 558 g/mol. The van der Waals surface area contributed by atoms with Crippen LogP contribution in [0.1, 0.15) is 0 Å². The van der Waals surface area contributed by atoms with Crippen molar-refractivity contribution < 1.29 is 4.42 Å². The number of benzene rings is 8. The predicted molar refractivity (Wildman–Crippen MR) is 194 cm³/mol. The van der Waals surface area contributed by atoms with Crippen LogP contribution in [0.5, 0.6) is 0 Å². The van der Waals surface area contributed by atoms with Crippen LogP contribution in [0.2, 0.25) is 0 Å². The van der Waals surface area contributed by atoms with Crippen molar-refractivity contribution in [2.45, 2.75) is 0 Å². The minimum atomic E-state index is 0.922. The van der Waals surface area contributed by atoms with Gasteiger partial charge in [-0.3, -0.25) is 0 Å². The second kappa shape index (κ2) is 10.8. The Hall–Kier alpha value is -6.12. The molecule has 0 N–H and O–H groups in total. The third kappa shape index (κ3) is 4.51. The summed E-state index contributed by atoms with van der Waals surface area (Å²) >= 11 is 0. The number of fused-ring (bicyclic) bond motifs is 6. The Bertz CT molecular complexity index is 2510. The Morgan fingerprint density at radius 1 is 0.326 bits per heavy atom. The van der Waals surface area contributed by atoms with E-state index in [4.69, 9.17) is 4.42 Å². The molecule has 2 heteroatoms. The molecule has 0 atom stereocenters. The Morgan fingerprint density at radius 2 is 0.913 bits per heavy atom. The number of furan rings is 1. The average molecular weight is 588 g/mol. The van der Waals surface area contributed by atoms with E-state index < -0.39 is 0 Å². The molecule has 0 aliphatic carbocycles. The largest absolute Gasteiger partial charge is 0.456 e. The van der Waals surface area contributed by atoms with Crippen LogP contribution in [-0.2, 0) is 0 Å². The zero-order valence-corrected chi connectivity index (χ0v) is 25.1. The van der Waals surface area contributed by atoms with Gasteiger partial charge in [0, 0.05) is 27.8 Å². The van der Waals surface area contributed by atoms with Gasteiger partial charge < -0.3 is 9.32 Å². The summed E-state index contributed by atoms with van der Waals surface area (Å²) in [5.74, 6) is 0. The molecule has 0 amide bonds. The average Bonchev–Trinajstić information content (AvgIpc) is 3.52. The van der Waals surface area contributed by atoms with E-state index >= 15 is 0 Å². The summed E-state index contributed by atoms with van der Waals surface area (Å²) in [6.45, 7) is 0. The van der Waals surface area contributed by atoms with E-state index in [1.165, 1.54) is 49.2 Å². The van der Waals surface area contributed by atoms with Crippen molar-refractivity contribution in [3.63, 3.8) is 0 Å². The van der Waals surface area contributed by atoms with E-state index in [0.29, 0.717) is 0 Å². The van der Waals surface area contributed by atoms with Crippen molar-refractivity contribution in [3.05, 3.63) is 176 Å². The fraction of sp³-hybridized carbons (Fsp3) is 0. The quantitative estimate of drug-likeness (QED) is 0.199. The van der Waals surface area contributed by atoms with Crippen molar-refractivity contribution in [2.24, 2.45) is 0 Å². The van der Waals surface area contributed by atoms with Crippen LogP contribution in [0.25, 0.3) is 65.7 Å². The first-order valence-electron chi connectivity index (χ1n) is 15.7. The van der Waals surface area contributed by atoms with Crippen LogP contribution in [0.15, 0.2) is 180 Å². The SMILES string of the molecule is c1ccc(-c2ccc3ccc(N(c4ccccc4)c4ccc(-c5ccc6ccc7oc8ccccc8c7c6c5)cc4)cc3c2)cc1. The fourth-order valence-electron chi connectivity index (χ4n) is 6.73. The van der Waals surface area contributed by atoms with E-state index in [1.807, 2.05) is 12.1 Å². The summed E-state index contributed by atoms with van der Waals surface area (Å²) in [6.07, 6.45) is 0. The molecule has 46 heavy (non-hydrogen) atoms. The second-order valence-corrected chi connectivity index (χ2v) is 11.8. The smallest absolute Gasteiger partial charge is 0.136 e. The molecule has 0 aliphatic rings. The van der Waals surface area contributed by atoms with E-state index in [0.717, 1.165) is 33.6 Å². The monoisotopic (exact) mass is 587 g/mol. The number of hydrogen-bond donors (Lipinski definition) is 0. The van der Waals surface area contributed by atoms with Gasteiger partial charge in [-0.25, -0.2) is 0 Å². The van der Waals surface area contributed by atoms with Crippen LogP contribution in [0.3, 0.4) is 0 Å². The lowest BCUT2D eigenvalue weighted by Crippen LogP contribution is -2.09. The second-order valence-electron chi connectivity index (χ2n) is 11.8. The van der Waals surface area contributed by atoms with Gasteiger partial charge in [-0.05, 0) is 104 Å². The molecule has 9 aromatic rings. The highest BCUT2D eigenvalue weighted by Gasteiger charge is 2.15. The minimum absolute atomic E-state index is 0.922. The van der Waals surface area contributed by atoms with Crippen molar-refractivity contribution in [1.82, 2.24) is 0 Å². The van der Waals surface area contributed by atoms with Gasteiger partial charge in [0.2, 0.25) is 0 Å². The highest BCUT2D eigenvalue weighted by atomic mass is 16.3. The van der Waals surface area contributed by atoms with Crippen LogP contribution in [0, 0.1) is 0 Å². The summed E-state index contributed by atoms with van der Waals surface area (Å²) in [4.78, 5) is 2.33. The van der Waals surface area contributed by atoms with Gasteiger partial charge in [0.1, 0.15) is 11.2 Å². The van der Waals surface area contributed by atoms with Crippen LogP contribution in [0.4, 0.5) is 17.1 Å². The third-order valence-electron chi connectivity index (χ3n) is 9.02. The fourth-order valence-corrected chi connectivity index (χ4v) is 6.73. The van der Waals surface area contributed by atoms with Crippen molar-refractivity contribution in [3.8, 4) is 22.3 Å². The van der Waals surface area contributed by atoms with Gasteiger partial charge in [0.05, 0.1) is 0 Å². The van der Waals surface area contributed by atoms with Crippen molar-refractivity contribution in [2.75, 3.05) is 4.90 Å². The highest BCUT2D eigenvalue weighted by molar-refractivity contribution is 6.19. The molecule has 216 valence electrons. The number of para-hydroxylation sites is 2. The van der Waals surface area contributed by atoms with Crippen molar-refractivity contribution >= 4 is 60.5 Å². The Balaban J connectivity index is 1.13. The first-order valence-corrected chi connectivity index (χ1v) is 15.7. The molecule has 8 aromatic carbocycles. The molecular formula is C44H29NO. The molecule has 0 saturated heterocycles. The maximum atomic E-state index is 6.18. The topological polar surface area (TPSA) is 16.4 Å². The molecule has 1 heterocycles. The van der Waals surface area contributed by atoms with E-state index in [1.54, 1.807) is 0 Å². The first kappa shape index (κ1) is 26.3. The molecule has 0 aliphatic heterocycles. The van der Waals surface area contributed by atoms with Crippen LogP contribution in [-0.4, -0.2) is 0 Å². The summed E-state index contributed by atoms with van der Waals surface area (Å²) in [5, 5.41) is 7.18. The predicted octanol–water partition coefficient (Wildman–Crippen LogP) is 12.7. The number of anilines is 3. The van der Waals surface area contributed by atoms with E-state index in [9.17, 15) is 0 Å². The molecule has 2 nitrogen and oxygen atoms in total. The highest BCUT2D eigenvalue weighted by Crippen LogP contribution is 2.39. The van der Waals surface area contributed by atoms with Gasteiger partial charge in [-0.2, -0.15) is 0 Å². The molecule has 1 aromatic heterocycles. The summed E-state index contributed by atoms with van der Waals surface area (Å²) in [7, 11) is 0. The first-order chi connectivity index (χ1) is 22.8. The Kier molecular flexibility index (Phi) is 6.17. The Labute approximate surface area is 267 Å². The number of rotatable bonds is 5. The Morgan fingerprint density at radius 3 is 1.74 bits per heavy atom. The lowest BCUT2D eigenvalue weighted by atomic mass is 9.98. The molecule has 9 rings (SSSR count). The van der Waals surface area contributed by atoms with Gasteiger partial charge in [0.25, 0.3) is 0 Å². The zero-order chi connectivity index (χ0) is 30.5. The molecule has 0 saturated carbocycles. The lowest BCUT2D eigenvalue weighted by Gasteiger charge is -2.26. The normalized spacial score (nSPS) is 11.5. The molecule has 0 fully saturated rings. The number of nitrogens with zero attached hydrogens (tertiary/aromatic N) is 1. The van der Waals surface area contributed by atoms with E-state index in [2.05, 4.69) is 169 Å². The number of hydrogen-bond acceptors (Lipinski definition) is 2. The van der Waals surface area contributed by atoms with Gasteiger partial charge in [-0.1, -0.05) is 115 Å². The van der Waals surface area contributed by atoms with Gasteiger partial charge >= 0.3 is 0 Å². The molecule has 0 bridgehead atoms. The summed E-state index contributed by atoms with van der Waals surface area (Å²) < 4.78 is 6.18. The van der Waals surface area contributed by atoms with Gasteiger partial charge in [0.15, 0.2) is 0 Å². The maximum Gasteiger partial charge on any atom is 0.136 e. The maximum absolute atomic E-state index is 6.18. The van der Waals surface area contributed by atoms with Gasteiger partial charge in [-0.15, -0.1) is 0 Å². The summed E-state index contributed by atoms with van der Waals surface area (Å²) in [5.41, 5.74) is 9.99. The van der Waals surface area contributed by atoms with Crippen LogP contribution >= 0.6 is 0 Å². The molecule has 0 unspecified atom stereocenters. The molecule has 0 radical (unpaired) electrons. The van der Waals surface area contributed by atoms with Crippen molar-refractivity contribution in [1.29, 1.82) is 0 Å². The third-order valence-corrected chi connectivity index (χ3v) is 9.02. The van der Waals surface area contributed by atoms with E-state index in [-0.39, 0.29) is 0 Å².